The van der Waals surface area contributed by atoms with Crippen molar-refractivity contribution in [2.24, 2.45) is 11.8 Å². The molecule has 5 heterocycles. The summed E-state index contributed by atoms with van der Waals surface area (Å²) in [5.41, 5.74) is 0.247. The normalized spacial score (nSPS) is 40.2. The molecule has 0 amide bonds. The minimum Gasteiger partial charge on any atom is -0.463 e. The lowest BCUT2D eigenvalue weighted by molar-refractivity contribution is -0.399. The van der Waals surface area contributed by atoms with Gasteiger partial charge in [0.05, 0.1) is 42.4 Å². The van der Waals surface area contributed by atoms with Gasteiger partial charge in [-0.3, -0.25) is 14.4 Å². The molecular formula is C55H92O23. The van der Waals surface area contributed by atoms with Crippen molar-refractivity contribution in [1.29, 1.82) is 0 Å². The van der Waals surface area contributed by atoms with E-state index in [0.29, 0.717) is 32.1 Å². The van der Waals surface area contributed by atoms with Gasteiger partial charge in [0, 0.05) is 12.0 Å². The molecule has 0 aromatic heterocycles. The van der Waals surface area contributed by atoms with Gasteiger partial charge in [-0.2, -0.15) is 0 Å². The third-order valence-electron chi connectivity index (χ3n) is 15.7. The summed E-state index contributed by atoms with van der Waals surface area (Å²) in [6.07, 6.45) is -22.2. The second-order valence-electron chi connectivity index (χ2n) is 21.9. The highest BCUT2D eigenvalue weighted by Crippen LogP contribution is 2.38. The Balaban J connectivity index is 1.59. The standard InChI is InChI=1S/C55H92O23/c1-11-14-20-23-34-24-21-18-16-15-17-19-22-25-36(57)73-47-44(76-52-42(63)41(62)43(32(9)69-52)74-49(64)27(4)12-2)33(10)70-55(48(47)75-50(65)28(5)13-3)78-46-40(61)38(59)35(26-67-51(66)29(6)30(7)56)72-54(46)77-45-39(60)37(58)31(8)68-53(45)71-34/h12,28-35,37-48,52-56,58-63H,11,13-26H2,1-10H3/b27-12+/t28-,29+,30+,31+,32+,33-,34-,35+,37+,38+,39-,40-,41+,42+,43+,44-,45+,46+,47+,48+,52-,53-,54-,55-/m0/s1. The highest BCUT2D eigenvalue weighted by Gasteiger charge is 2.58. The first-order valence-electron chi connectivity index (χ1n) is 28.4. The number of hydrogen-bond acceptors (Lipinski definition) is 23. The van der Waals surface area contributed by atoms with Crippen LogP contribution >= 0.6 is 0 Å². The molecule has 450 valence electrons. The molecule has 0 radical (unpaired) electrons. The van der Waals surface area contributed by atoms with Gasteiger partial charge in [-0.15, -0.1) is 0 Å². The fourth-order valence-electron chi connectivity index (χ4n) is 9.90. The minimum atomic E-state index is -2.02. The van der Waals surface area contributed by atoms with Crippen molar-refractivity contribution in [3.05, 3.63) is 11.6 Å². The average Bonchev–Trinajstić information content (AvgIpc) is 3.49. The number of allylic oxidation sites excluding steroid dienone is 1. The number of carbonyl (C=O) groups is 4. The molecule has 0 saturated carbocycles. The summed E-state index contributed by atoms with van der Waals surface area (Å²) in [5.74, 6) is -4.86. The number of esters is 4. The third-order valence-corrected chi connectivity index (χ3v) is 15.7. The summed E-state index contributed by atoms with van der Waals surface area (Å²) in [7, 11) is 0. The Bertz CT molecular complexity index is 1890. The molecular weight excluding hydrogens is 1030 g/mol. The first-order chi connectivity index (χ1) is 37.0. The fraction of sp³-hybridized carbons (Fsp3) is 0.891. The summed E-state index contributed by atoms with van der Waals surface area (Å²) in [6.45, 7) is 15.3. The number of ether oxygens (including phenoxy) is 12. The van der Waals surface area contributed by atoms with Gasteiger partial charge in [0.2, 0.25) is 0 Å². The summed E-state index contributed by atoms with van der Waals surface area (Å²) in [4.78, 5) is 53.8. The van der Waals surface area contributed by atoms with Crippen molar-refractivity contribution >= 4 is 23.9 Å². The predicted molar refractivity (Wildman–Crippen MR) is 273 cm³/mol. The maximum atomic E-state index is 14.1. The Kier molecular flexibility index (Phi) is 26.5. The molecule has 23 heteroatoms. The van der Waals surface area contributed by atoms with Crippen molar-refractivity contribution in [2.45, 2.75) is 294 Å². The largest absolute Gasteiger partial charge is 0.463 e. The van der Waals surface area contributed by atoms with Crippen LogP contribution in [0.2, 0.25) is 0 Å². The van der Waals surface area contributed by atoms with Crippen LogP contribution in [-0.2, 0) is 76.0 Å². The summed E-state index contributed by atoms with van der Waals surface area (Å²) in [5, 5.41) is 80.0. The molecule has 0 spiro atoms. The summed E-state index contributed by atoms with van der Waals surface area (Å²) >= 11 is 0. The lowest BCUT2D eigenvalue weighted by atomic mass is 9.95. The monoisotopic (exact) mass is 1120 g/mol. The average molecular weight is 1120 g/mol. The fourth-order valence-corrected chi connectivity index (χ4v) is 9.90. The Morgan fingerprint density at radius 1 is 0.641 bits per heavy atom. The van der Waals surface area contributed by atoms with Gasteiger partial charge in [0.15, 0.2) is 43.5 Å². The number of rotatable bonds is 15. The van der Waals surface area contributed by atoms with E-state index in [1.165, 1.54) is 40.7 Å². The van der Waals surface area contributed by atoms with Crippen LogP contribution in [0, 0.1) is 11.8 Å². The van der Waals surface area contributed by atoms with Crippen LogP contribution in [0.15, 0.2) is 11.6 Å². The van der Waals surface area contributed by atoms with E-state index >= 15 is 0 Å². The van der Waals surface area contributed by atoms with E-state index in [2.05, 4.69) is 6.92 Å². The van der Waals surface area contributed by atoms with Gasteiger partial charge in [-0.1, -0.05) is 84.6 Å². The molecule has 5 fully saturated rings. The van der Waals surface area contributed by atoms with Crippen molar-refractivity contribution in [3.63, 3.8) is 0 Å². The molecule has 0 aromatic rings. The first-order valence-corrected chi connectivity index (χ1v) is 28.4. The Morgan fingerprint density at radius 2 is 1.24 bits per heavy atom. The Hall–Kier alpha value is -2.98. The number of unbranched alkanes of at least 4 members (excludes halogenated alkanes) is 2. The maximum absolute atomic E-state index is 14.1. The van der Waals surface area contributed by atoms with Crippen molar-refractivity contribution < 1.29 is 112 Å². The van der Waals surface area contributed by atoms with E-state index in [4.69, 9.17) is 56.8 Å². The zero-order chi connectivity index (χ0) is 57.5. The van der Waals surface area contributed by atoms with E-state index in [-0.39, 0.29) is 18.1 Å². The van der Waals surface area contributed by atoms with E-state index < -0.39 is 171 Å². The SMILES string of the molecule is C/C=C(\C)C(=O)O[C@H]1[C@H](O)[C@@H](O)[C@H](O[C@@H]2[C@H]3OC(=O)CCCCCCCCC[C@H](CCCCC)O[C@@H]4O[C@H](C)[C@@H](O)[C@H](O)[C@H]4O[C@@H]4O[C@H](COC(=O)[C@H](C)[C@@H](C)O)[C@@H](O)[C@H](O)[C@H]4O[C@H](O[C@H]2C)[C@@H]3OC(=O)[C@@H](C)CC)O[C@@H]1C. The molecule has 24 atom stereocenters. The smallest absolute Gasteiger partial charge is 0.333 e. The number of aliphatic hydroxyl groups excluding tert-OH is 7. The van der Waals surface area contributed by atoms with Crippen molar-refractivity contribution in [2.75, 3.05) is 6.61 Å². The van der Waals surface area contributed by atoms with Crippen LogP contribution in [0.5, 0.6) is 0 Å². The highest BCUT2D eigenvalue weighted by atomic mass is 16.8. The van der Waals surface area contributed by atoms with Crippen LogP contribution < -0.4 is 0 Å². The van der Waals surface area contributed by atoms with Gasteiger partial charge >= 0.3 is 23.9 Å². The predicted octanol–water partition coefficient (Wildman–Crippen LogP) is 3.06. The molecule has 78 heavy (non-hydrogen) atoms. The second-order valence-corrected chi connectivity index (χ2v) is 21.9. The van der Waals surface area contributed by atoms with E-state index in [9.17, 15) is 54.9 Å². The molecule has 0 aliphatic carbocycles. The Labute approximate surface area is 458 Å². The number of carbonyl (C=O) groups excluding carboxylic acids is 4. The molecule has 5 aliphatic heterocycles. The summed E-state index contributed by atoms with van der Waals surface area (Å²) < 4.78 is 74.5. The topological polar surface area (TPSA) is 321 Å². The third kappa shape index (κ3) is 17.5. The van der Waals surface area contributed by atoms with Crippen molar-refractivity contribution in [1.82, 2.24) is 0 Å². The van der Waals surface area contributed by atoms with Crippen molar-refractivity contribution in [3.8, 4) is 0 Å². The number of aliphatic hydroxyl groups is 7. The van der Waals surface area contributed by atoms with Gasteiger partial charge in [-0.05, 0) is 74.1 Å². The number of fused-ring (bicyclic) bond motifs is 4. The number of hydrogen-bond donors (Lipinski definition) is 7. The lowest BCUT2D eigenvalue weighted by Crippen LogP contribution is -2.68. The summed E-state index contributed by atoms with van der Waals surface area (Å²) in [6, 6.07) is 0. The quantitative estimate of drug-likeness (QED) is 0.0536. The van der Waals surface area contributed by atoms with E-state index in [0.717, 1.165) is 51.4 Å². The lowest BCUT2D eigenvalue weighted by Gasteiger charge is -2.50. The molecule has 23 nitrogen and oxygen atoms in total. The van der Waals surface area contributed by atoms with E-state index in [1.54, 1.807) is 27.7 Å². The molecule has 5 saturated heterocycles. The molecule has 2 bridgehead atoms. The zero-order valence-corrected chi connectivity index (χ0v) is 47.2. The van der Waals surface area contributed by atoms with Gasteiger partial charge in [-0.25, -0.2) is 4.79 Å². The van der Waals surface area contributed by atoms with Crippen LogP contribution in [0.1, 0.15) is 159 Å². The van der Waals surface area contributed by atoms with Crippen LogP contribution in [-0.4, -0.2) is 201 Å². The van der Waals surface area contributed by atoms with E-state index in [1.807, 2.05) is 0 Å². The second kappa shape index (κ2) is 31.5. The minimum absolute atomic E-state index is 0.0690. The van der Waals surface area contributed by atoms with Gasteiger partial charge < -0.3 is 92.6 Å². The van der Waals surface area contributed by atoms with Gasteiger partial charge in [0.25, 0.3) is 0 Å². The highest BCUT2D eigenvalue weighted by molar-refractivity contribution is 5.87. The molecule has 0 aromatic carbocycles. The van der Waals surface area contributed by atoms with Crippen LogP contribution in [0.4, 0.5) is 0 Å². The molecule has 5 aliphatic rings. The molecule has 7 N–H and O–H groups in total. The Morgan fingerprint density at radius 3 is 1.88 bits per heavy atom. The molecule has 5 rings (SSSR count). The van der Waals surface area contributed by atoms with Crippen LogP contribution in [0.25, 0.3) is 0 Å². The molecule has 0 unspecified atom stereocenters. The maximum Gasteiger partial charge on any atom is 0.333 e. The zero-order valence-electron chi connectivity index (χ0n) is 47.2. The van der Waals surface area contributed by atoms with Crippen LogP contribution in [0.3, 0.4) is 0 Å². The van der Waals surface area contributed by atoms with Gasteiger partial charge in [0.1, 0.15) is 67.6 Å². The first kappa shape index (κ1) is 65.8.